The highest BCUT2D eigenvalue weighted by atomic mass is 32.1. The third-order valence-corrected chi connectivity index (χ3v) is 3.49. The first-order chi connectivity index (χ1) is 8.58. The van der Waals surface area contributed by atoms with Crippen LogP contribution in [0, 0.1) is 24.0 Å². The van der Waals surface area contributed by atoms with E-state index in [1.165, 1.54) is 11.3 Å². The van der Waals surface area contributed by atoms with Crippen LogP contribution in [0.25, 0.3) is 11.8 Å². The first-order valence-electron chi connectivity index (χ1n) is 5.43. The van der Waals surface area contributed by atoms with E-state index in [4.69, 9.17) is 0 Å². The Morgan fingerprint density at radius 3 is 2.50 bits per heavy atom. The Morgan fingerprint density at radius 2 is 2.00 bits per heavy atom. The second-order valence-corrected chi connectivity index (χ2v) is 5.07. The first kappa shape index (κ1) is 12.4. The molecule has 1 aromatic heterocycles. The smallest absolute Gasteiger partial charge is 0.258 e. The molecule has 92 valence electrons. The standard InChI is InChI=1S/C13H12N2O2S/c1-9-13(18-10(2)14-9)8-12(15(16)17)11-6-4-3-5-7-11/h3-8H,1-2H3/b12-8-. The van der Waals surface area contributed by atoms with Crippen LogP contribution in [-0.4, -0.2) is 9.91 Å². The average molecular weight is 260 g/mol. The van der Waals surface area contributed by atoms with Crippen molar-refractivity contribution < 1.29 is 4.92 Å². The Labute approximate surface area is 109 Å². The molecule has 0 aliphatic carbocycles. The van der Waals surface area contributed by atoms with E-state index in [0.29, 0.717) is 5.56 Å². The molecule has 0 aliphatic heterocycles. The second-order valence-electron chi connectivity index (χ2n) is 3.84. The van der Waals surface area contributed by atoms with Crippen molar-refractivity contribution in [2.45, 2.75) is 13.8 Å². The summed E-state index contributed by atoms with van der Waals surface area (Å²) < 4.78 is 0. The molecule has 18 heavy (non-hydrogen) atoms. The van der Waals surface area contributed by atoms with Crippen LogP contribution in [0.2, 0.25) is 0 Å². The lowest BCUT2D eigenvalue weighted by atomic mass is 10.1. The molecule has 2 rings (SSSR count). The Kier molecular flexibility index (Phi) is 3.53. The fraction of sp³-hybridized carbons (Fsp3) is 0.154. The molecule has 4 nitrogen and oxygen atoms in total. The minimum absolute atomic E-state index is 0.0994. The first-order valence-corrected chi connectivity index (χ1v) is 6.25. The van der Waals surface area contributed by atoms with Gasteiger partial charge in [-0.25, -0.2) is 4.98 Å². The number of aryl methyl sites for hydroxylation is 2. The van der Waals surface area contributed by atoms with Gasteiger partial charge in [0.1, 0.15) is 0 Å². The van der Waals surface area contributed by atoms with E-state index in [1.807, 2.05) is 19.9 Å². The van der Waals surface area contributed by atoms with Crippen LogP contribution >= 0.6 is 11.3 Å². The fourth-order valence-electron chi connectivity index (χ4n) is 1.66. The number of aromatic nitrogens is 1. The Morgan fingerprint density at radius 1 is 1.33 bits per heavy atom. The predicted octanol–water partition coefficient (Wildman–Crippen LogP) is 3.53. The molecule has 0 aliphatic rings. The van der Waals surface area contributed by atoms with Gasteiger partial charge in [-0.05, 0) is 26.0 Å². The Hall–Kier alpha value is -2.01. The molecule has 0 bridgehead atoms. The van der Waals surface area contributed by atoms with E-state index in [0.717, 1.165) is 15.6 Å². The lowest BCUT2D eigenvalue weighted by Crippen LogP contribution is -1.97. The van der Waals surface area contributed by atoms with Crippen molar-refractivity contribution in [1.82, 2.24) is 4.98 Å². The maximum Gasteiger partial charge on any atom is 0.278 e. The lowest BCUT2D eigenvalue weighted by Gasteiger charge is -1.98. The van der Waals surface area contributed by atoms with Gasteiger partial charge in [0, 0.05) is 6.08 Å². The van der Waals surface area contributed by atoms with Crippen molar-refractivity contribution in [3.63, 3.8) is 0 Å². The zero-order chi connectivity index (χ0) is 13.1. The third-order valence-electron chi connectivity index (χ3n) is 2.47. The predicted molar refractivity (Wildman–Crippen MR) is 72.9 cm³/mol. The van der Waals surface area contributed by atoms with E-state index in [1.54, 1.807) is 30.3 Å². The summed E-state index contributed by atoms with van der Waals surface area (Å²) in [6.07, 6.45) is 1.59. The highest BCUT2D eigenvalue weighted by Gasteiger charge is 2.15. The van der Waals surface area contributed by atoms with E-state index in [2.05, 4.69) is 4.98 Å². The van der Waals surface area contributed by atoms with Crippen LogP contribution in [0.5, 0.6) is 0 Å². The van der Waals surface area contributed by atoms with Crippen LogP contribution in [0.1, 0.15) is 21.1 Å². The molecular weight excluding hydrogens is 248 g/mol. The monoisotopic (exact) mass is 260 g/mol. The van der Waals surface area contributed by atoms with Crippen LogP contribution in [0.4, 0.5) is 0 Å². The molecule has 1 aromatic carbocycles. The molecule has 1 heterocycles. The minimum atomic E-state index is -0.357. The van der Waals surface area contributed by atoms with Gasteiger partial charge in [-0.3, -0.25) is 10.1 Å². The third kappa shape index (κ3) is 2.62. The lowest BCUT2D eigenvalue weighted by molar-refractivity contribution is -0.374. The number of nitrogens with zero attached hydrogens (tertiary/aromatic N) is 2. The highest BCUT2D eigenvalue weighted by molar-refractivity contribution is 7.12. The van der Waals surface area contributed by atoms with Crippen molar-refractivity contribution >= 4 is 23.1 Å². The molecular formula is C13H12N2O2S. The molecule has 0 spiro atoms. The van der Waals surface area contributed by atoms with Gasteiger partial charge >= 0.3 is 0 Å². The van der Waals surface area contributed by atoms with E-state index in [-0.39, 0.29) is 10.6 Å². The van der Waals surface area contributed by atoms with E-state index >= 15 is 0 Å². The maximum absolute atomic E-state index is 11.1. The van der Waals surface area contributed by atoms with Crippen molar-refractivity contribution in [3.8, 4) is 0 Å². The van der Waals surface area contributed by atoms with Gasteiger partial charge in [0.25, 0.3) is 5.70 Å². The molecule has 0 fully saturated rings. The zero-order valence-corrected chi connectivity index (χ0v) is 10.9. The SMILES string of the molecule is Cc1nc(C)c(/C=C(/c2ccccc2)[N+](=O)[O-])s1. The molecule has 0 unspecified atom stereocenters. The van der Waals surface area contributed by atoms with Crippen molar-refractivity contribution in [1.29, 1.82) is 0 Å². The largest absolute Gasteiger partial charge is 0.278 e. The van der Waals surface area contributed by atoms with Gasteiger partial charge < -0.3 is 0 Å². The summed E-state index contributed by atoms with van der Waals surface area (Å²) in [5, 5.41) is 12.1. The van der Waals surface area contributed by atoms with Crippen LogP contribution in [0.3, 0.4) is 0 Å². The van der Waals surface area contributed by atoms with Crippen LogP contribution < -0.4 is 0 Å². The Bertz CT molecular complexity index is 603. The maximum atomic E-state index is 11.1. The van der Waals surface area contributed by atoms with Gasteiger partial charge in [0.05, 0.1) is 26.1 Å². The Balaban J connectivity index is 2.49. The normalized spacial score (nSPS) is 11.6. The quantitative estimate of drug-likeness (QED) is 0.626. The summed E-state index contributed by atoms with van der Waals surface area (Å²) in [4.78, 5) is 15.9. The van der Waals surface area contributed by atoms with Gasteiger partial charge in [-0.2, -0.15) is 0 Å². The number of benzene rings is 1. The summed E-state index contributed by atoms with van der Waals surface area (Å²) in [7, 11) is 0. The number of hydrogen-bond donors (Lipinski definition) is 0. The van der Waals surface area contributed by atoms with Crippen molar-refractivity contribution in [3.05, 3.63) is 61.6 Å². The van der Waals surface area contributed by atoms with E-state index < -0.39 is 0 Å². The second kappa shape index (κ2) is 5.10. The molecule has 2 aromatic rings. The average Bonchev–Trinajstić information content (AvgIpc) is 2.65. The summed E-state index contributed by atoms with van der Waals surface area (Å²) in [6, 6.07) is 8.88. The van der Waals surface area contributed by atoms with Crippen LogP contribution in [-0.2, 0) is 0 Å². The summed E-state index contributed by atoms with van der Waals surface area (Å²) in [6.45, 7) is 3.75. The number of nitro groups is 1. The van der Waals surface area contributed by atoms with Crippen LogP contribution in [0.15, 0.2) is 30.3 Å². The van der Waals surface area contributed by atoms with Gasteiger partial charge in [0.15, 0.2) is 0 Å². The van der Waals surface area contributed by atoms with Crippen molar-refractivity contribution in [2.75, 3.05) is 0 Å². The topological polar surface area (TPSA) is 56.0 Å². The summed E-state index contributed by atoms with van der Waals surface area (Å²) in [5.74, 6) is 0. The molecule has 0 atom stereocenters. The molecule has 0 amide bonds. The van der Waals surface area contributed by atoms with E-state index in [9.17, 15) is 10.1 Å². The van der Waals surface area contributed by atoms with Gasteiger partial charge in [-0.1, -0.05) is 18.2 Å². The van der Waals surface area contributed by atoms with Gasteiger partial charge in [0.2, 0.25) is 0 Å². The molecule has 5 heteroatoms. The highest BCUT2D eigenvalue weighted by Crippen LogP contribution is 2.24. The molecule has 0 radical (unpaired) electrons. The summed E-state index contributed by atoms with van der Waals surface area (Å²) in [5.41, 5.74) is 1.53. The molecule has 0 saturated heterocycles. The van der Waals surface area contributed by atoms with Crippen molar-refractivity contribution in [2.24, 2.45) is 0 Å². The number of hydrogen-bond acceptors (Lipinski definition) is 4. The number of rotatable bonds is 3. The summed E-state index contributed by atoms with van der Waals surface area (Å²) >= 11 is 1.46. The number of thiazole rings is 1. The molecule has 0 N–H and O–H groups in total. The van der Waals surface area contributed by atoms with Gasteiger partial charge in [-0.15, -0.1) is 11.3 Å². The molecule has 0 saturated carbocycles. The minimum Gasteiger partial charge on any atom is -0.258 e. The fourth-order valence-corrected chi connectivity index (χ4v) is 2.52. The zero-order valence-electron chi connectivity index (χ0n) is 10.1.